The maximum absolute atomic E-state index is 11.6. The highest BCUT2D eigenvalue weighted by Crippen LogP contribution is 2.28. The normalized spacial score (nSPS) is 10.4. The summed E-state index contributed by atoms with van der Waals surface area (Å²) in [7, 11) is 1.38. The summed E-state index contributed by atoms with van der Waals surface area (Å²) in [5.74, 6) is -0.320. The Morgan fingerprint density at radius 1 is 1.33 bits per heavy atom. The summed E-state index contributed by atoms with van der Waals surface area (Å²) < 4.78 is 5.78. The van der Waals surface area contributed by atoms with E-state index in [9.17, 15) is 4.79 Å². The minimum atomic E-state index is -0.320. The second-order valence-corrected chi connectivity index (χ2v) is 6.52. The first-order chi connectivity index (χ1) is 11.7. The molecule has 0 fully saturated rings. The summed E-state index contributed by atoms with van der Waals surface area (Å²) in [6.07, 6.45) is 3.53. The van der Waals surface area contributed by atoms with E-state index in [1.807, 2.05) is 36.4 Å². The zero-order valence-corrected chi connectivity index (χ0v) is 14.5. The lowest BCUT2D eigenvalue weighted by Gasteiger charge is -2.10. The van der Waals surface area contributed by atoms with E-state index in [1.54, 1.807) is 12.4 Å². The van der Waals surface area contributed by atoms with Gasteiger partial charge in [0.25, 0.3) is 0 Å². The van der Waals surface area contributed by atoms with Gasteiger partial charge in [0.1, 0.15) is 4.88 Å². The van der Waals surface area contributed by atoms with Gasteiger partial charge in [-0.05, 0) is 53.5 Å². The summed E-state index contributed by atoms with van der Waals surface area (Å²) in [5.41, 5.74) is 1.91. The van der Waals surface area contributed by atoms with Crippen molar-refractivity contribution in [2.45, 2.75) is 6.54 Å². The molecule has 24 heavy (non-hydrogen) atoms. The van der Waals surface area contributed by atoms with E-state index >= 15 is 0 Å². The number of thiophene rings is 1. The maximum atomic E-state index is 11.6. The van der Waals surface area contributed by atoms with Crippen LogP contribution in [0.15, 0.2) is 48.8 Å². The van der Waals surface area contributed by atoms with Gasteiger partial charge in [-0.25, -0.2) is 4.79 Å². The first-order valence-electron chi connectivity index (χ1n) is 7.21. The van der Waals surface area contributed by atoms with Crippen LogP contribution in [-0.4, -0.2) is 23.2 Å². The van der Waals surface area contributed by atoms with Crippen LogP contribution in [0.1, 0.15) is 15.2 Å². The molecule has 1 aromatic carbocycles. The molecule has 3 rings (SSSR count). The second kappa shape index (κ2) is 7.37. The molecule has 5 nitrogen and oxygen atoms in total. The molecule has 0 aliphatic rings. The lowest BCUT2D eigenvalue weighted by molar-refractivity contribution is 0.0606. The summed E-state index contributed by atoms with van der Waals surface area (Å²) in [5, 5.41) is 7.78. The predicted octanol–water partition coefficient (Wildman–Crippen LogP) is 3.57. The second-order valence-electron chi connectivity index (χ2n) is 5.02. The lowest BCUT2D eigenvalue weighted by atomic mass is 10.2. The third kappa shape index (κ3) is 3.87. The monoisotopic (exact) mass is 357 g/mol. The van der Waals surface area contributed by atoms with Crippen molar-refractivity contribution < 1.29 is 9.53 Å². The van der Waals surface area contributed by atoms with E-state index in [4.69, 9.17) is 17.0 Å². The molecule has 0 bridgehead atoms. The summed E-state index contributed by atoms with van der Waals surface area (Å²) >= 11 is 6.72. The van der Waals surface area contributed by atoms with Crippen LogP contribution < -0.4 is 10.6 Å². The summed E-state index contributed by atoms with van der Waals surface area (Å²) in [6.45, 7) is 0.604. The molecule has 2 aromatic heterocycles. The number of aromatic nitrogens is 1. The average Bonchev–Trinajstić information content (AvgIpc) is 3.03. The molecule has 0 radical (unpaired) electrons. The molecule has 0 saturated carbocycles. The first-order valence-corrected chi connectivity index (χ1v) is 8.44. The van der Waals surface area contributed by atoms with Gasteiger partial charge in [0, 0.05) is 29.3 Å². The molecule has 0 spiro atoms. The van der Waals surface area contributed by atoms with Gasteiger partial charge >= 0.3 is 5.97 Å². The van der Waals surface area contributed by atoms with E-state index in [0.717, 1.165) is 21.3 Å². The summed E-state index contributed by atoms with van der Waals surface area (Å²) in [4.78, 5) is 16.3. The van der Waals surface area contributed by atoms with Crippen molar-refractivity contribution in [2.24, 2.45) is 0 Å². The van der Waals surface area contributed by atoms with Gasteiger partial charge in [0.15, 0.2) is 5.11 Å². The zero-order chi connectivity index (χ0) is 16.9. The van der Waals surface area contributed by atoms with Gasteiger partial charge in [0.2, 0.25) is 0 Å². The van der Waals surface area contributed by atoms with Crippen LogP contribution in [0.4, 0.5) is 5.69 Å². The molecule has 0 aliphatic carbocycles. The summed E-state index contributed by atoms with van der Waals surface area (Å²) in [6, 6.07) is 11.5. The van der Waals surface area contributed by atoms with Gasteiger partial charge in [0.05, 0.1) is 7.11 Å². The molecule has 2 heterocycles. The van der Waals surface area contributed by atoms with Crippen LogP contribution in [0, 0.1) is 0 Å². The minimum absolute atomic E-state index is 0.320. The topological polar surface area (TPSA) is 63.2 Å². The number of hydrogen-bond acceptors (Lipinski definition) is 5. The van der Waals surface area contributed by atoms with E-state index in [-0.39, 0.29) is 5.97 Å². The highest BCUT2D eigenvalue weighted by Gasteiger charge is 2.10. The van der Waals surface area contributed by atoms with Gasteiger partial charge in [-0.1, -0.05) is 6.07 Å². The van der Waals surface area contributed by atoms with Crippen molar-refractivity contribution in [1.82, 2.24) is 10.3 Å². The average molecular weight is 357 g/mol. The number of fused-ring (bicyclic) bond motifs is 1. The number of nitrogens with zero attached hydrogens (tertiary/aromatic N) is 1. The van der Waals surface area contributed by atoms with Crippen LogP contribution in [0.5, 0.6) is 0 Å². The smallest absolute Gasteiger partial charge is 0.348 e. The number of anilines is 1. The SMILES string of the molecule is COC(=O)c1cc2cc(NC(=S)NCc3cccnc3)ccc2s1. The van der Waals surface area contributed by atoms with Crippen molar-refractivity contribution in [3.05, 3.63) is 59.2 Å². The van der Waals surface area contributed by atoms with Crippen LogP contribution in [0.25, 0.3) is 10.1 Å². The number of hydrogen-bond donors (Lipinski definition) is 2. The van der Waals surface area contributed by atoms with Gasteiger partial charge < -0.3 is 15.4 Å². The standard InChI is InChI=1S/C17H15N3O2S2/c1-22-16(21)15-8-12-7-13(4-5-14(12)24-15)20-17(23)19-10-11-3-2-6-18-9-11/h2-9H,10H2,1H3,(H2,19,20,23). The Hall–Kier alpha value is -2.51. The highest BCUT2D eigenvalue weighted by molar-refractivity contribution is 7.80. The molecular weight excluding hydrogens is 342 g/mol. The van der Waals surface area contributed by atoms with Gasteiger partial charge in [-0.2, -0.15) is 0 Å². The molecule has 2 N–H and O–H groups in total. The van der Waals surface area contributed by atoms with E-state index < -0.39 is 0 Å². The van der Waals surface area contributed by atoms with Crippen LogP contribution >= 0.6 is 23.6 Å². The Balaban J connectivity index is 1.66. The minimum Gasteiger partial charge on any atom is -0.465 e. The Labute approximate surface area is 148 Å². The van der Waals surface area contributed by atoms with Crippen LogP contribution in [-0.2, 0) is 11.3 Å². The molecule has 7 heteroatoms. The van der Waals surface area contributed by atoms with Crippen molar-refractivity contribution >= 4 is 50.4 Å². The molecule has 3 aromatic rings. The number of methoxy groups -OCH3 is 1. The number of benzene rings is 1. The van der Waals surface area contributed by atoms with Crippen LogP contribution in [0.3, 0.4) is 0 Å². The number of rotatable bonds is 4. The van der Waals surface area contributed by atoms with Crippen LogP contribution in [0.2, 0.25) is 0 Å². The van der Waals surface area contributed by atoms with Gasteiger partial charge in [-0.3, -0.25) is 4.98 Å². The Kier molecular flexibility index (Phi) is 5.02. The van der Waals surface area contributed by atoms with E-state index in [1.165, 1.54) is 18.4 Å². The largest absolute Gasteiger partial charge is 0.465 e. The molecule has 122 valence electrons. The third-order valence-corrected chi connectivity index (χ3v) is 4.68. The van der Waals surface area contributed by atoms with E-state index in [0.29, 0.717) is 16.5 Å². The quantitative estimate of drug-likeness (QED) is 0.550. The van der Waals surface area contributed by atoms with E-state index in [2.05, 4.69) is 15.6 Å². The number of carbonyl (C=O) groups excluding carboxylic acids is 1. The van der Waals surface area contributed by atoms with Crippen molar-refractivity contribution in [3.8, 4) is 0 Å². The number of carbonyl (C=O) groups is 1. The Morgan fingerprint density at radius 3 is 2.96 bits per heavy atom. The van der Waals surface area contributed by atoms with Crippen molar-refractivity contribution in [2.75, 3.05) is 12.4 Å². The third-order valence-electron chi connectivity index (χ3n) is 3.34. The zero-order valence-electron chi connectivity index (χ0n) is 12.9. The molecule has 0 aliphatic heterocycles. The molecular formula is C17H15N3O2S2. The number of thiocarbonyl (C=S) groups is 1. The number of esters is 1. The van der Waals surface area contributed by atoms with Gasteiger partial charge in [-0.15, -0.1) is 11.3 Å². The first kappa shape index (κ1) is 16.4. The fourth-order valence-electron chi connectivity index (χ4n) is 2.18. The number of pyridine rings is 1. The fourth-order valence-corrected chi connectivity index (χ4v) is 3.33. The van der Waals surface area contributed by atoms with Crippen molar-refractivity contribution in [3.63, 3.8) is 0 Å². The fraction of sp³-hybridized carbons (Fsp3) is 0.118. The predicted molar refractivity (Wildman–Crippen MR) is 100 cm³/mol. The molecule has 0 amide bonds. The molecule has 0 unspecified atom stereocenters. The highest BCUT2D eigenvalue weighted by atomic mass is 32.1. The lowest BCUT2D eigenvalue weighted by Crippen LogP contribution is -2.27. The number of nitrogens with one attached hydrogen (secondary N) is 2. The van der Waals surface area contributed by atoms with Crippen molar-refractivity contribution in [1.29, 1.82) is 0 Å². The Bertz CT molecular complexity index is 878. The maximum Gasteiger partial charge on any atom is 0.348 e. The number of ether oxygens (including phenoxy) is 1. The molecule has 0 saturated heterocycles. The Morgan fingerprint density at radius 2 is 2.21 bits per heavy atom. The molecule has 0 atom stereocenters.